The Bertz CT molecular complexity index is 816. The lowest BCUT2D eigenvalue weighted by Crippen LogP contribution is -2.29. The van der Waals surface area contributed by atoms with Crippen molar-refractivity contribution in [3.63, 3.8) is 0 Å². The summed E-state index contributed by atoms with van der Waals surface area (Å²) in [6.45, 7) is 7.69. The molecule has 3 heteroatoms. The molecule has 0 N–H and O–H groups in total. The molecule has 4 rings (SSSR count). The summed E-state index contributed by atoms with van der Waals surface area (Å²) in [7, 11) is 0. The van der Waals surface area contributed by atoms with E-state index in [1.54, 1.807) is 0 Å². The SMILES string of the molecule is Cc1ccc(C2c3cccn3CCCN2Cc2cccs2)cc1C. The highest BCUT2D eigenvalue weighted by Gasteiger charge is 2.27. The van der Waals surface area contributed by atoms with Crippen molar-refractivity contribution >= 4 is 11.3 Å². The summed E-state index contributed by atoms with van der Waals surface area (Å²) in [5.74, 6) is 0. The zero-order valence-electron chi connectivity index (χ0n) is 14.4. The first-order chi connectivity index (χ1) is 11.7. The molecule has 0 radical (unpaired) electrons. The number of nitrogens with zero attached hydrogens (tertiary/aromatic N) is 2. The maximum atomic E-state index is 2.65. The standard InChI is InChI=1S/C21H24N2S/c1-16-8-9-18(14-17(16)2)21-20-7-3-10-22(20)11-5-12-23(21)15-19-6-4-13-24-19/h3-4,6-10,13-14,21H,5,11-12,15H2,1-2H3. The van der Waals surface area contributed by atoms with E-state index in [9.17, 15) is 0 Å². The minimum atomic E-state index is 0.337. The molecule has 1 atom stereocenters. The molecule has 0 saturated carbocycles. The summed E-state index contributed by atoms with van der Waals surface area (Å²) in [4.78, 5) is 4.10. The van der Waals surface area contributed by atoms with Crippen LogP contribution in [-0.2, 0) is 13.1 Å². The fraction of sp³-hybridized carbons (Fsp3) is 0.333. The second kappa shape index (κ2) is 6.58. The Kier molecular flexibility index (Phi) is 4.30. The third-order valence-electron chi connectivity index (χ3n) is 5.14. The van der Waals surface area contributed by atoms with Gasteiger partial charge in [-0.15, -0.1) is 11.3 Å². The molecule has 24 heavy (non-hydrogen) atoms. The Morgan fingerprint density at radius 2 is 1.96 bits per heavy atom. The monoisotopic (exact) mass is 336 g/mol. The van der Waals surface area contributed by atoms with Gasteiger partial charge in [-0.1, -0.05) is 24.3 Å². The van der Waals surface area contributed by atoms with Crippen molar-refractivity contribution in [2.75, 3.05) is 6.54 Å². The number of thiophene rings is 1. The second-order valence-electron chi connectivity index (χ2n) is 6.78. The molecule has 1 aliphatic heterocycles. The molecule has 0 spiro atoms. The van der Waals surface area contributed by atoms with Gasteiger partial charge in [0.05, 0.1) is 6.04 Å². The topological polar surface area (TPSA) is 8.17 Å². The van der Waals surface area contributed by atoms with Gasteiger partial charge in [-0.25, -0.2) is 0 Å². The summed E-state index contributed by atoms with van der Waals surface area (Å²) in [6, 6.07) is 16.2. The van der Waals surface area contributed by atoms with E-state index >= 15 is 0 Å². The summed E-state index contributed by atoms with van der Waals surface area (Å²) >= 11 is 1.86. The van der Waals surface area contributed by atoms with Crippen LogP contribution in [0.3, 0.4) is 0 Å². The van der Waals surface area contributed by atoms with E-state index in [1.807, 2.05) is 11.3 Å². The van der Waals surface area contributed by atoms with E-state index in [4.69, 9.17) is 0 Å². The van der Waals surface area contributed by atoms with Gasteiger partial charge in [0.15, 0.2) is 0 Å². The van der Waals surface area contributed by atoms with E-state index < -0.39 is 0 Å². The average Bonchev–Trinajstić information content (AvgIpc) is 3.21. The molecule has 1 unspecified atom stereocenters. The first-order valence-corrected chi connectivity index (χ1v) is 9.59. The van der Waals surface area contributed by atoms with Gasteiger partial charge >= 0.3 is 0 Å². The molecule has 3 heterocycles. The first-order valence-electron chi connectivity index (χ1n) is 8.71. The average molecular weight is 337 g/mol. The molecule has 2 nitrogen and oxygen atoms in total. The summed E-state index contributed by atoms with van der Waals surface area (Å²) in [5.41, 5.74) is 5.59. The van der Waals surface area contributed by atoms with Gasteiger partial charge in [0.2, 0.25) is 0 Å². The van der Waals surface area contributed by atoms with Crippen LogP contribution in [0.1, 0.15) is 39.7 Å². The third kappa shape index (κ3) is 2.94. The number of benzene rings is 1. The number of rotatable bonds is 3. The number of fused-ring (bicyclic) bond motifs is 1. The molecule has 1 aliphatic rings. The lowest BCUT2D eigenvalue weighted by molar-refractivity contribution is 0.222. The van der Waals surface area contributed by atoms with Crippen LogP contribution in [0.5, 0.6) is 0 Å². The Labute approximate surface area is 148 Å². The minimum absolute atomic E-state index is 0.337. The largest absolute Gasteiger partial charge is 0.350 e. The fourth-order valence-corrected chi connectivity index (χ4v) is 4.46. The van der Waals surface area contributed by atoms with E-state index in [2.05, 4.69) is 77.4 Å². The van der Waals surface area contributed by atoms with Crippen LogP contribution in [0.25, 0.3) is 0 Å². The quantitative estimate of drug-likeness (QED) is 0.641. The van der Waals surface area contributed by atoms with Gasteiger partial charge in [0.25, 0.3) is 0 Å². The molecule has 0 amide bonds. The molecule has 0 bridgehead atoms. The van der Waals surface area contributed by atoms with E-state index in [0.717, 1.165) is 19.6 Å². The lowest BCUT2D eigenvalue weighted by atomic mass is 9.97. The summed E-state index contributed by atoms with van der Waals surface area (Å²) < 4.78 is 2.44. The summed E-state index contributed by atoms with van der Waals surface area (Å²) in [6.07, 6.45) is 3.44. The molecular formula is C21H24N2S. The number of aryl methyl sites for hydroxylation is 3. The highest BCUT2D eigenvalue weighted by Crippen LogP contribution is 2.34. The van der Waals surface area contributed by atoms with Crippen LogP contribution in [0.15, 0.2) is 54.0 Å². The normalized spacial score (nSPS) is 18.3. The minimum Gasteiger partial charge on any atom is -0.350 e. The summed E-state index contributed by atoms with van der Waals surface area (Å²) in [5, 5.41) is 2.18. The second-order valence-corrected chi connectivity index (χ2v) is 7.81. The van der Waals surface area contributed by atoms with Crippen molar-refractivity contribution in [1.82, 2.24) is 9.47 Å². The number of aromatic nitrogens is 1. The smallest absolute Gasteiger partial charge is 0.0759 e. The third-order valence-corrected chi connectivity index (χ3v) is 6.00. The molecular weight excluding hydrogens is 312 g/mol. The van der Waals surface area contributed by atoms with E-state index in [1.165, 1.54) is 33.7 Å². The molecule has 2 aromatic heterocycles. The predicted octanol–water partition coefficient (Wildman–Crippen LogP) is 5.16. The Morgan fingerprint density at radius 1 is 1.04 bits per heavy atom. The van der Waals surface area contributed by atoms with Crippen LogP contribution in [0.4, 0.5) is 0 Å². The number of hydrogen-bond donors (Lipinski definition) is 0. The molecule has 3 aromatic rings. The predicted molar refractivity (Wildman–Crippen MR) is 102 cm³/mol. The molecule has 0 saturated heterocycles. The molecule has 0 aliphatic carbocycles. The molecule has 0 fully saturated rings. The maximum absolute atomic E-state index is 2.65. The van der Waals surface area contributed by atoms with Crippen molar-refractivity contribution in [2.45, 2.75) is 39.4 Å². The molecule has 124 valence electrons. The Balaban J connectivity index is 1.77. The van der Waals surface area contributed by atoms with Crippen molar-refractivity contribution in [2.24, 2.45) is 0 Å². The van der Waals surface area contributed by atoms with Gasteiger partial charge in [-0.3, -0.25) is 4.90 Å². The van der Waals surface area contributed by atoms with Crippen LogP contribution >= 0.6 is 11.3 Å². The van der Waals surface area contributed by atoms with Gasteiger partial charge in [-0.05, 0) is 60.5 Å². The van der Waals surface area contributed by atoms with E-state index in [0.29, 0.717) is 6.04 Å². The molecule has 1 aromatic carbocycles. The van der Waals surface area contributed by atoms with Crippen LogP contribution in [-0.4, -0.2) is 16.0 Å². The maximum Gasteiger partial charge on any atom is 0.0759 e. The zero-order chi connectivity index (χ0) is 16.5. The van der Waals surface area contributed by atoms with Crippen molar-refractivity contribution in [3.05, 3.63) is 81.3 Å². The highest BCUT2D eigenvalue weighted by molar-refractivity contribution is 7.09. The van der Waals surface area contributed by atoms with Crippen molar-refractivity contribution in [1.29, 1.82) is 0 Å². The van der Waals surface area contributed by atoms with Gasteiger partial charge in [0, 0.05) is 36.4 Å². The zero-order valence-corrected chi connectivity index (χ0v) is 15.2. The Hall–Kier alpha value is -1.84. The van der Waals surface area contributed by atoms with Crippen LogP contribution in [0, 0.1) is 13.8 Å². The van der Waals surface area contributed by atoms with Crippen LogP contribution < -0.4 is 0 Å². The fourth-order valence-electron chi connectivity index (χ4n) is 3.73. The Morgan fingerprint density at radius 3 is 2.75 bits per heavy atom. The van der Waals surface area contributed by atoms with Gasteiger partial charge in [-0.2, -0.15) is 0 Å². The highest BCUT2D eigenvalue weighted by atomic mass is 32.1. The van der Waals surface area contributed by atoms with Gasteiger partial charge in [0.1, 0.15) is 0 Å². The van der Waals surface area contributed by atoms with Crippen molar-refractivity contribution in [3.8, 4) is 0 Å². The van der Waals surface area contributed by atoms with E-state index in [-0.39, 0.29) is 0 Å². The van der Waals surface area contributed by atoms with Crippen molar-refractivity contribution < 1.29 is 0 Å². The number of hydrogen-bond acceptors (Lipinski definition) is 2. The first kappa shape index (κ1) is 15.7. The van der Waals surface area contributed by atoms with Crippen LogP contribution in [0.2, 0.25) is 0 Å². The van der Waals surface area contributed by atoms with Gasteiger partial charge < -0.3 is 4.57 Å². The lowest BCUT2D eigenvalue weighted by Gasteiger charge is -2.30.